The maximum Gasteiger partial charge on any atom is 0.305 e. The molecule has 5 nitrogen and oxygen atoms in total. The van der Waals surface area contributed by atoms with Crippen molar-refractivity contribution < 1.29 is 13.7 Å². The molecule has 0 radical (unpaired) electrons. The Hall–Kier alpha value is -1.93. The van der Waals surface area contributed by atoms with E-state index >= 15 is 0 Å². The summed E-state index contributed by atoms with van der Waals surface area (Å²) in [6.07, 6.45) is 1.67. The molecular weight excluding hydrogens is 276 g/mol. The standard InChI is InChI=1S/C11H9F2N3O2S/c12-9-2-10(13)11(16(17)18)1-7(9)3-14-4-8-5-15-6-19-8/h1-2,5-6,14H,3-4H2. The highest BCUT2D eigenvalue weighted by Gasteiger charge is 2.18. The summed E-state index contributed by atoms with van der Waals surface area (Å²) in [6.45, 7) is 0.542. The monoisotopic (exact) mass is 285 g/mol. The maximum absolute atomic E-state index is 13.4. The minimum absolute atomic E-state index is 0.0533. The molecule has 0 aliphatic heterocycles. The van der Waals surface area contributed by atoms with Gasteiger partial charge in [-0.05, 0) is 0 Å². The van der Waals surface area contributed by atoms with Crippen LogP contribution in [0.3, 0.4) is 0 Å². The summed E-state index contributed by atoms with van der Waals surface area (Å²) in [5.74, 6) is -1.98. The Morgan fingerprint density at radius 3 is 2.74 bits per heavy atom. The normalized spacial score (nSPS) is 10.6. The fourth-order valence-electron chi connectivity index (χ4n) is 1.51. The molecule has 1 N–H and O–H groups in total. The zero-order chi connectivity index (χ0) is 13.8. The molecule has 0 bridgehead atoms. The van der Waals surface area contributed by atoms with E-state index < -0.39 is 22.2 Å². The molecule has 2 aromatic rings. The third-order valence-corrected chi connectivity index (χ3v) is 3.19. The molecule has 0 saturated carbocycles. The molecule has 100 valence electrons. The van der Waals surface area contributed by atoms with Crippen LogP contribution >= 0.6 is 11.3 Å². The lowest BCUT2D eigenvalue weighted by Crippen LogP contribution is -2.13. The minimum atomic E-state index is -1.17. The second-order valence-corrected chi connectivity index (χ2v) is 4.69. The molecule has 0 atom stereocenters. The molecule has 0 aliphatic rings. The first-order valence-electron chi connectivity index (χ1n) is 5.28. The van der Waals surface area contributed by atoms with Gasteiger partial charge in [0.25, 0.3) is 0 Å². The van der Waals surface area contributed by atoms with Crippen molar-refractivity contribution in [2.75, 3.05) is 0 Å². The number of nitrogens with one attached hydrogen (secondary N) is 1. The van der Waals surface area contributed by atoms with E-state index in [9.17, 15) is 18.9 Å². The molecule has 19 heavy (non-hydrogen) atoms. The van der Waals surface area contributed by atoms with Gasteiger partial charge in [-0.1, -0.05) is 0 Å². The van der Waals surface area contributed by atoms with E-state index in [2.05, 4.69) is 10.3 Å². The number of hydrogen-bond donors (Lipinski definition) is 1. The van der Waals surface area contributed by atoms with E-state index in [1.165, 1.54) is 11.3 Å². The Morgan fingerprint density at radius 1 is 1.32 bits per heavy atom. The molecule has 0 spiro atoms. The number of nitro groups is 1. The van der Waals surface area contributed by atoms with Gasteiger partial charge in [-0.2, -0.15) is 4.39 Å². The first-order valence-corrected chi connectivity index (χ1v) is 6.16. The van der Waals surface area contributed by atoms with E-state index in [1.54, 1.807) is 11.7 Å². The van der Waals surface area contributed by atoms with Crippen LogP contribution in [-0.2, 0) is 13.1 Å². The number of nitrogens with zero attached hydrogens (tertiary/aromatic N) is 2. The number of aromatic nitrogens is 1. The van der Waals surface area contributed by atoms with Crippen LogP contribution in [0.25, 0.3) is 0 Å². The van der Waals surface area contributed by atoms with E-state index in [0.717, 1.165) is 10.9 Å². The Bertz CT molecular complexity index is 590. The number of halogens is 2. The van der Waals surface area contributed by atoms with Crippen LogP contribution < -0.4 is 5.32 Å². The van der Waals surface area contributed by atoms with Crippen LogP contribution in [0.15, 0.2) is 23.8 Å². The van der Waals surface area contributed by atoms with Gasteiger partial charge < -0.3 is 5.32 Å². The molecule has 1 aromatic heterocycles. The van der Waals surface area contributed by atoms with Crippen molar-refractivity contribution >= 4 is 17.0 Å². The predicted octanol–water partition coefficient (Wildman–Crippen LogP) is 2.62. The van der Waals surface area contributed by atoms with Crippen LogP contribution in [-0.4, -0.2) is 9.91 Å². The first kappa shape index (κ1) is 13.5. The molecule has 0 amide bonds. The Balaban J connectivity index is 2.07. The van der Waals surface area contributed by atoms with Gasteiger partial charge in [0.2, 0.25) is 5.82 Å². The zero-order valence-electron chi connectivity index (χ0n) is 9.60. The lowest BCUT2D eigenvalue weighted by molar-refractivity contribution is -0.387. The van der Waals surface area contributed by atoms with E-state index in [4.69, 9.17) is 0 Å². The summed E-state index contributed by atoms with van der Waals surface area (Å²) >= 11 is 1.44. The van der Waals surface area contributed by atoms with Crippen LogP contribution in [0.4, 0.5) is 14.5 Å². The van der Waals surface area contributed by atoms with Crippen LogP contribution in [0, 0.1) is 21.7 Å². The SMILES string of the molecule is O=[N+]([O-])c1cc(CNCc2cncs2)c(F)cc1F. The molecule has 1 aromatic carbocycles. The summed E-state index contributed by atoms with van der Waals surface area (Å²) in [5, 5.41) is 13.5. The quantitative estimate of drug-likeness (QED) is 0.677. The van der Waals surface area contributed by atoms with Crippen molar-refractivity contribution in [1.29, 1.82) is 0 Å². The maximum atomic E-state index is 13.4. The summed E-state index contributed by atoms with van der Waals surface area (Å²) < 4.78 is 26.6. The number of nitro benzene ring substituents is 1. The third kappa shape index (κ3) is 3.30. The molecule has 0 aliphatic carbocycles. The highest BCUT2D eigenvalue weighted by molar-refractivity contribution is 7.09. The average molecular weight is 285 g/mol. The molecule has 2 rings (SSSR count). The second kappa shape index (κ2) is 5.81. The average Bonchev–Trinajstić information content (AvgIpc) is 2.84. The van der Waals surface area contributed by atoms with Gasteiger partial charge in [-0.15, -0.1) is 11.3 Å². The summed E-state index contributed by atoms with van der Waals surface area (Å²) in [4.78, 5) is 14.5. The van der Waals surface area contributed by atoms with Crippen molar-refractivity contribution in [3.63, 3.8) is 0 Å². The van der Waals surface area contributed by atoms with Gasteiger partial charge in [-0.25, -0.2) is 4.39 Å². The summed E-state index contributed by atoms with van der Waals surface area (Å²) in [5.41, 5.74) is 0.994. The van der Waals surface area contributed by atoms with Gasteiger partial charge in [0.15, 0.2) is 0 Å². The number of hydrogen-bond acceptors (Lipinski definition) is 5. The second-order valence-electron chi connectivity index (χ2n) is 3.72. The van der Waals surface area contributed by atoms with Crippen molar-refractivity contribution in [2.24, 2.45) is 0 Å². The fourth-order valence-corrected chi connectivity index (χ4v) is 2.07. The Kier molecular flexibility index (Phi) is 4.13. The van der Waals surface area contributed by atoms with E-state index in [0.29, 0.717) is 12.6 Å². The zero-order valence-corrected chi connectivity index (χ0v) is 10.4. The van der Waals surface area contributed by atoms with Gasteiger partial charge >= 0.3 is 5.69 Å². The summed E-state index contributed by atoms with van der Waals surface area (Å²) in [6, 6.07) is 1.44. The molecular formula is C11H9F2N3O2S. The highest BCUT2D eigenvalue weighted by atomic mass is 32.1. The largest absolute Gasteiger partial charge is 0.308 e. The minimum Gasteiger partial charge on any atom is -0.308 e. The highest BCUT2D eigenvalue weighted by Crippen LogP contribution is 2.21. The molecule has 1 heterocycles. The number of benzene rings is 1. The van der Waals surface area contributed by atoms with Crippen molar-refractivity contribution in [3.8, 4) is 0 Å². The molecule has 0 fully saturated rings. The third-order valence-electron chi connectivity index (χ3n) is 2.41. The smallest absolute Gasteiger partial charge is 0.305 e. The van der Waals surface area contributed by atoms with Crippen LogP contribution in [0.5, 0.6) is 0 Å². The van der Waals surface area contributed by atoms with Crippen molar-refractivity contribution in [3.05, 3.63) is 56.0 Å². The summed E-state index contributed by atoms with van der Waals surface area (Å²) in [7, 11) is 0. The van der Waals surface area contributed by atoms with Gasteiger partial charge in [0.05, 0.1) is 10.4 Å². The van der Waals surface area contributed by atoms with Crippen LogP contribution in [0.1, 0.15) is 10.4 Å². The topological polar surface area (TPSA) is 68.1 Å². The van der Waals surface area contributed by atoms with E-state index in [-0.39, 0.29) is 12.1 Å². The van der Waals surface area contributed by atoms with Gasteiger partial charge in [-0.3, -0.25) is 15.1 Å². The van der Waals surface area contributed by atoms with Crippen molar-refractivity contribution in [2.45, 2.75) is 13.1 Å². The molecule has 0 saturated heterocycles. The lowest BCUT2D eigenvalue weighted by atomic mass is 10.2. The van der Waals surface area contributed by atoms with E-state index in [1.807, 2.05) is 0 Å². The first-order chi connectivity index (χ1) is 9.08. The van der Waals surface area contributed by atoms with Crippen LogP contribution in [0.2, 0.25) is 0 Å². The fraction of sp³-hybridized carbons (Fsp3) is 0.182. The predicted molar refractivity (Wildman–Crippen MR) is 65.7 cm³/mol. The molecule has 8 heteroatoms. The van der Waals surface area contributed by atoms with Gasteiger partial charge in [0, 0.05) is 41.9 Å². The Morgan fingerprint density at radius 2 is 2.11 bits per heavy atom. The number of thiazole rings is 1. The number of rotatable bonds is 5. The van der Waals surface area contributed by atoms with Gasteiger partial charge in [0.1, 0.15) is 5.82 Å². The Labute approximate surface area is 111 Å². The van der Waals surface area contributed by atoms with Crippen molar-refractivity contribution in [1.82, 2.24) is 10.3 Å². The lowest BCUT2D eigenvalue weighted by Gasteiger charge is -2.05. The molecule has 0 unspecified atom stereocenters.